The maximum Gasteiger partial charge on any atom is 0.240 e. The summed E-state index contributed by atoms with van der Waals surface area (Å²) in [7, 11) is 2.08. The number of fused-ring (bicyclic) bond motifs is 1. The van der Waals surface area contributed by atoms with Gasteiger partial charge in [0.25, 0.3) is 0 Å². The van der Waals surface area contributed by atoms with Gasteiger partial charge in [0.05, 0.1) is 6.04 Å². The first-order chi connectivity index (χ1) is 12.2. The SMILES string of the molecule is CN1CCCCC1C(=O)N1CCN(Cc2ccc3c(c2)OCO3)CC1. The number of piperidine rings is 1. The molecule has 1 aromatic rings. The zero-order chi connectivity index (χ0) is 17.2. The lowest BCUT2D eigenvalue weighted by Gasteiger charge is -2.39. The van der Waals surface area contributed by atoms with E-state index in [9.17, 15) is 4.79 Å². The summed E-state index contributed by atoms with van der Waals surface area (Å²) in [5.41, 5.74) is 1.23. The quantitative estimate of drug-likeness (QED) is 0.832. The van der Waals surface area contributed by atoms with Crippen LogP contribution in [-0.4, -0.2) is 73.2 Å². The third kappa shape index (κ3) is 3.60. The summed E-state index contributed by atoms with van der Waals surface area (Å²) in [5, 5.41) is 0. The van der Waals surface area contributed by atoms with Gasteiger partial charge in [-0.05, 0) is 44.1 Å². The number of piperazine rings is 1. The van der Waals surface area contributed by atoms with Crippen LogP contribution < -0.4 is 9.47 Å². The highest BCUT2D eigenvalue weighted by molar-refractivity contribution is 5.82. The van der Waals surface area contributed by atoms with Crippen LogP contribution in [0.1, 0.15) is 24.8 Å². The molecule has 2 fully saturated rings. The molecule has 0 radical (unpaired) electrons. The minimum atomic E-state index is 0.0918. The van der Waals surface area contributed by atoms with E-state index in [0.717, 1.165) is 57.2 Å². The predicted octanol–water partition coefficient (Wildman–Crippen LogP) is 1.54. The molecule has 0 spiro atoms. The molecule has 0 aromatic heterocycles. The van der Waals surface area contributed by atoms with Crippen LogP contribution in [0, 0.1) is 0 Å². The lowest BCUT2D eigenvalue weighted by atomic mass is 10.0. The van der Waals surface area contributed by atoms with Crippen molar-refractivity contribution in [1.82, 2.24) is 14.7 Å². The molecule has 25 heavy (non-hydrogen) atoms. The first-order valence-corrected chi connectivity index (χ1v) is 9.30. The number of amides is 1. The number of hydrogen-bond acceptors (Lipinski definition) is 5. The zero-order valence-corrected chi connectivity index (χ0v) is 14.9. The maximum atomic E-state index is 12.8. The summed E-state index contributed by atoms with van der Waals surface area (Å²) < 4.78 is 10.8. The molecule has 0 saturated carbocycles. The Hall–Kier alpha value is -1.79. The Balaban J connectivity index is 1.30. The van der Waals surface area contributed by atoms with Gasteiger partial charge in [0.1, 0.15) is 0 Å². The van der Waals surface area contributed by atoms with Crippen LogP contribution in [0.2, 0.25) is 0 Å². The van der Waals surface area contributed by atoms with Gasteiger partial charge in [0, 0.05) is 32.7 Å². The van der Waals surface area contributed by atoms with Crippen LogP contribution in [0.15, 0.2) is 18.2 Å². The van der Waals surface area contributed by atoms with E-state index in [1.54, 1.807) is 0 Å². The van der Waals surface area contributed by atoms with Crippen molar-refractivity contribution in [1.29, 1.82) is 0 Å². The van der Waals surface area contributed by atoms with Gasteiger partial charge >= 0.3 is 0 Å². The van der Waals surface area contributed by atoms with Gasteiger partial charge in [-0.15, -0.1) is 0 Å². The van der Waals surface area contributed by atoms with Crippen LogP contribution in [-0.2, 0) is 11.3 Å². The van der Waals surface area contributed by atoms with Gasteiger partial charge in [-0.3, -0.25) is 14.6 Å². The van der Waals surface area contributed by atoms with Crippen LogP contribution in [0.3, 0.4) is 0 Å². The van der Waals surface area contributed by atoms with Gasteiger partial charge in [0.15, 0.2) is 11.5 Å². The van der Waals surface area contributed by atoms with E-state index in [2.05, 4.69) is 33.9 Å². The molecule has 3 heterocycles. The Morgan fingerprint density at radius 2 is 1.88 bits per heavy atom. The number of ether oxygens (including phenoxy) is 2. The minimum absolute atomic E-state index is 0.0918. The van der Waals surface area contributed by atoms with Crippen molar-refractivity contribution in [2.75, 3.05) is 46.6 Å². The van der Waals surface area contributed by atoms with E-state index in [1.807, 2.05) is 6.07 Å². The Morgan fingerprint density at radius 1 is 1.08 bits per heavy atom. The molecule has 1 amide bonds. The maximum absolute atomic E-state index is 12.8. The van der Waals surface area contributed by atoms with Crippen molar-refractivity contribution in [3.63, 3.8) is 0 Å². The van der Waals surface area contributed by atoms with Crippen molar-refractivity contribution in [2.24, 2.45) is 0 Å². The predicted molar refractivity (Wildman–Crippen MR) is 94.7 cm³/mol. The van der Waals surface area contributed by atoms with Crippen molar-refractivity contribution in [3.05, 3.63) is 23.8 Å². The highest BCUT2D eigenvalue weighted by Gasteiger charge is 2.31. The monoisotopic (exact) mass is 345 g/mol. The molecule has 0 N–H and O–H groups in total. The third-order valence-corrected chi connectivity index (χ3v) is 5.58. The van der Waals surface area contributed by atoms with Crippen LogP contribution in [0.5, 0.6) is 11.5 Å². The molecular weight excluding hydrogens is 318 g/mol. The molecule has 6 nitrogen and oxygen atoms in total. The van der Waals surface area contributed by atoms with E-state index < -0.39 is 0 Å². The van der Waals surface area contributed by atoms with Crippen LogP contribution in [0.4, 0.5) is 0 Å². The number of hydrogen-bond donors (Lipinski definition) is 0. The molecule has 136 valence electrons. The fraction of sp³-hybridized carbons (Fsp3) is 0.632. The third-order valence-electron chi connectivity index (χ3n) is 5.58. The highest BCUT2D eigenvalue weighted by Crippen LogP contribution is 2.32. The minimum Gasteiger partial charge on any atom is -0.454 e. The lowest BCUT2D eigenvalue weighted by molar-refractivity contribution is -0.139. The number of likely N-dealkylation sites (tertiary alicyclic amines) is 1. The van der Waals surface area contributed by atoms with Crippen LogP contribution in [0.25, 0.3) is 0 Å². The van der Waals surface area contributed by atoms with E-state index >= 15 is 0 Å². The molecule has 1 aromatic carbocycles. The number of likely N-dealkylation sites (N-methyl/N-ethyl adjacent to an activating group) is 1. The summed E-state index contributed by atoms with van der Waals surface area (Å²) in [6.45, 7) is 5.76. The summed E-state index contributed by atoms with van der Waals surface area (Å²) in [6.07, 6.45) is 3.39. The van der Waals surface area contributed by atoms with Crippen molar-refractivity contribution in [2.45, 2.75) is 31.8 Å². The van der Waals surface area contributed by atoms with Crippen molar-refractivity contribution >= 4 is 5.91 Å². The van der Waals surface area contributed by atoms with Crippen molar-refractivity contribution in [3.8, 4) is 11.5 Å². The summed E-state index contributed by atoms with van der Waals surface area (Å²) in [4.78, 5) is 19.5. The van der Waals surface area contributed by atoms with Gasteiger partial charge in [-0.2, -0.15) is 0 Å². The second-order valence-electron chi connectivity index (χ2n) is 7.28. The number of rotatable bonds is 3. The first kappa shape index (κ1) is 16.7. The first-order valence-electron chi connectivity index (χ1n) is 9.30. The number of benzene rings is 1. The van der Waals surface area contributed by atoms with E-state index in [-0.39, 0.29) is 6.04 Å². The lowest BCUT2D eigenvalue weighted by Crippen LogP contribution is -2.55. The molecule has 1 atom stereocenters. The fourth-order valence-corrected chi connectivity index (χ4v) is 4.02. The van der Waals surface area contributed by atoms with Crippen molar-refractivity contribution < 1.29 is 14.3 Å². The van der Waals surface area contributed by atoms with Gasteiger partial charge in [-0.1, -0.05) is 12.5 Å². The second kappa shape index (κ2) is 7.22. The Labute approximate surface area is 149 Å². The summed E-state index contributed by atoms with van der Waals surface area (Å²) in [5.74, 6) is 1.99. The molecule has 0 bridgehead atoms. The molecule has 3 aliphatic heterocycles. The normalized spacial score (nSPS) is 24.5. The topological polar surface area (TPSA) is 45.3 Å². The fourth-order valence-electron chi connectivity index (χ4n) is 4.02. The smallest absolute Gasteiger partial charge is 0.240 e. The average Bonchev–Trinajstić information content (AvgIpc) is 3.10. The van der Waals surface area contributed by atoms with Crippen LogP contribution >= 0.6 is 0 Å². The Bertz CT molecular complexity index is 628. The second-order valence-corrected chi connectivity index (χ2v) is 7.28. The molecular formula is C19H27N3O3. The average molecular weight is 345 g/mol. The van der Waals surface area contributed by atoms with E-state index in [1.165, 1.54) is 18.4 Å². The summed E-state index contributed by atoms with van der Waals surface area (Å²) in [6, 6.07) is 6.24. The number of carbonyl (C=O) groups is 1. The van der Waals surface area contributed by atoms with E-state index in [0.29, 0.717) is 12.7 Å². The molecule has 1 unspecified atom stereocenters. The Kier molecular flexibility index (Phi) is 4.81. The van der Waals surface area contributed by atoms with Gasteiger partial charge in [0.2, 0.25) is 12.7 Å². The molecule has 3 aliphatic rings. The summed E-state index contributed by atoms with van der Waals surface area (Å²) >= 11 is 0. The standard InChI is InChI=1S/C19H27N3O3/c1-20-7-3-2-4-16(20)19(23)22-10-8-21(9-11-22)13-15-5-6-17-18(12-15)25-14-24-17/h5-6,12,16H,2-4,7-11,13-14H2,1H3. The Morgan fingerprint density at radius 3 is 2.68 bits per heavy atom. The molecule has 4 rings (SSSR count). The van der Waals surface area contributed by atoms with Gasteiger partial charge in [-0.25, -0.2) is 0 Å². The number of carbonyl (C=O) groups excluding carboxylic acids is 1. The molecule has 2 saturated heterocycles. The zero-order valence-electron chi connectivity index (χ0n) is 14.9. The van der Waals surface area contributed by atoms with Gasteiger partial charge < -0.3 is 14.4 Å². The molecule has 0 aliphatic carbocycles. The largest absolute Gasteiger partial charge is 0.454 e. The number of nitrogens with zero attached hydrogens (tertiary/aromatic N) is 3. The highest BCUT2D eigenvalue weighted by atomic mass is 16.7. The van der Waals surface area contributed by atoms with E-state index in [4.69, 9.17) is 9.47 Å². The molecule has 6 heteroatoms.